The first kappa shape index (κ1) is 30.0. The molecule has 40 heavy (non-hydrogen) atoms. The van der Waals surface area contributed by atoms with Crippen LogP contribution in [0.3, 0.4) is 0 Å². The summed E-state index contributed by atoms with van der Waals surface area (Å²) in [4.78, 5) is 50.5. The van der Waals surface area contributed by atoms with Gasteiger partial charge < -0.3 is 19.3 Å². The van der Waals surface area contributed by atoms with E-state index in [1.807, 2.05) is 32.1 Å². The second-order valence-electron chi connectivity index (χ2n) is 12.4. The summed E-state index contributed by atoms with van der Waals surface area (Å²) in [7, 11) is 0. The molecule has 0 aromatic rings. The van der Waals surface area contributed by atoms with Gasteiger partial charge >= 0.3 is 17.9 Å². The molecule has 0 amide bonds. The zero-order valence-electron chi connectivity index (χ0n) is 24.6. The lowest BCUT2D eigenvalue weighted by Gasteiger charge is -2.52. The maximum atomic E-state index is 13.3. The van der Waals surface area contributed by atoms with Crippen molar-refractivity contribution in [3.05, 3.63) is 47.6 Å². The molecule has 2 saturated carbocycles. The molecule has 4 rings (SSSR count). The first-order chi connectivity index (χ1) is 18.7. The van der Waals surface area contributed by atoms with Gasteiger partial charge in [-0.05, 0) is 30.9 Å². The second kappa shape index (κ2) is 10.8. The van der Waals surface area contributed by atoms with Crippen molar-refractivity contribution in [3.63, 3.8) is 0 Å². The number of allylic oxidation sites excluding steroid dienone is 4. The summed E-state index contributed by atoms with van der Waals surface area (Å²) in [5.41, 5.74) is -2.02. The molecule has 8 heteroatoms. The summed E-state index contributed by atoms with van der Waals surface area (Å²) in [6.07, 6.45) is 11.7. The molecule has 0 aromatic heterocycles. The van der Waals surface area contributed by atoms with Crippen molar-refractivity contribution in [3.8, 4) is 0 Å². The Labute approximate surface area is 236 Å². The molecule has 1 N–H and O–H groups in total. The van der Waals surface area contributed by atoms with Gasteiger partial charge in [0.15, 0.2) is 11.4 Å². The van der Waals surface area contributed by atoms with Gasteiger partial charge in [-0.25, -0.2) is 4.79 Å². The van der Waals surface area contributed by atoms with Crippen LogP contribution < -0.4 is 0 Å². The topological polar surface area (TPSA) is 116 Å². The van der Waals surface area contributed by atoms with Gasteiger partial charge in [-0.15, -0.1) is 0 Å². The monoisotopic (exact) mass is 554 g/mol. The Morgan fingerprint density at radius 3 is 2.42 bits per heavy atom. The number of ether oxygens (including phenoxy) is 3. The highest BCUT2D eigenvalue weighted by Crippen LogP contribution is 2.76. The molecule has 4 aliphatic carbocycles. The van der Waals surface area contributed by atoms with E-state index in [1.165, 1.54) is 19.9 Å². The molecule has 218 valence electrons. The van der Waals surface area contributed by atoms with Crippen LogP contribution in [0.15, 0.2) is 47.6 Å². The molecule has 8 nitrogen and oxygen atoms in total. The Morgan fingerprint density at radius 1 is 1.10 bits per heavy atom. The quantitative estimate of drug-likeness (QED) is 0.154. The van der Waals surface area contributed by atoms with Crippen LogP contribution in [-0.2, 0) is 33.4 Å². The number of fused-ring (bicyclic) bond motifs is 5. The Hall–Kier alpha value is -3.00. The summed E-state index contributed by atoms with van der Waals surface area (Å²) >= 11 is 0. The van der Waals surface area contributed by atoms with Crippen molar-refractivity contribution in [2.45, 2.75) is 85.0 Å². The number of Topliss-reactive ketones (excluding diaryl/α,β-unsaturated/α-hetero) is 1. The summed E-state index contributed by atoms with van der Waals surface area (Å²) in [6, 6.07) is 0. The SMILES string of the molecule is CCCC=CC=CC(=O)OC1C(C)C2(O)C3C=C(C)C(=O)C3CC(COC(C)=O)=CC2C2C(C)(C)C12OC(C)=O. The fourth-order valence-corrected chi connectivity index (χ4v) is 7.82. The molecule has 4 aliphatic rings. The fraction of sp³-hybridized carbons (Fsp3) is 0.625. The third-order valence-electron chi connectivity index (χ3n) is 9.63. The lowest BCUT2D eigenvalue weighted by atomic mass is 9.60. The maximum Gasteiger partial charge on any atom is 0.331 e. The maximum absolute atomic E-state index is 13.3. The molecule has 0 aliphatic heterocycles. The number of esters is 3. The van der Waals surface area contributed by atoms with Gasteiger partial charge in [0, 0.05) is 54.9 Å². The molecule has 0 saturated heterocycles. The highest BCUT2D eigenvalue weighted by Gasteiger charge is 2.87. The minimum Gasteiger partial charge on any atom is -0.461 e. The standard InChI is InChI=1S/C32H42O8/c1-8-9-10-11-12-13-26(35)39-29-19(3)31(37)24-14-18(2)27(36)23(24)15-22(17-38-20(4)33)16-25(31)28-30(6,7)32(28,29)40-21(5)34/h10-14,16,19,23-25,28-29,37H,8-9,15,17H2,1-7H3. The largest absolute Gasteiger partial charge is 0.461 e. The summed E-state index contributed by atoms with van der Waals surface area (Å²) in [5.74, 6) is -4.34. The van der Waals surface area contributed by atoms with Crippen LogP contribution in [0.4, 0.5) is 0 Å². The molecule has 2 fully saturated rings. The van der Waals surface area contributed by atoms with E-state index in [9.17, 15) is 24.3 Å². The van der Waals surface area contributed by atoms with Gasteiger partial charge in [-0.2, -0.15) is 0 Å². The summed E-state index contributed by atoms with van der Waals surface area (Å²) in [6.45, 7) is 12.2. The molecule has 0 aromatic carbocycles. The second-order valence-corrected chi connectivity index (χ2v) is 12.4. The number of hydrogen-bond acceptors (Lipinski definition) is 8. The number of rotatable bonds is 8. The minimum atomic E-state index is -1.49. The molecule has 8 unspecified atom stereocenters. The number of carbonyl (C=O) groups is 4. The number of unbranched alkanes of at least 4 members (excludes halogenated alkanes) is 1. The van der Waals surface area contributed by atoms with Crippen LogP contribution in [-0.4, -0.2) is 52.7 Å². The summed E-state index contributed by atoms with van der Waals surface area (Å²) in [5, 5.41) is 12.8. The first-order valence-electron chi connectivity index (χ1n) is 14.2. The fourth-order valence-electron chi connectivity index (χ4n) is 7.82. The normalized spacial score (nSPS) is 37.5. The van der Waals surface area contributed by atoms with Gasteiger partial charge in [-0.3, -0.25) is 14.4 Å². The summed E-state index contributed by atoms with van der Waals surface area (Å²) < 4.78 is 17.5. The van der Waals surface area contributed by atoms with E-state index in [1.54, 1.807) is 26.0 Å². The molecular formula is C32H42O8. The van der Waals surface area contributed by atoms with E-state index in [4.69, 9.17) is 14.2 Å². The first-order valence-corrected chi connectivity index (χ1v) is 14.2. The van der Waals surface area contributed by atoms with E-state index < -0.39 is 70.2 Å². The highest BCUT2D eigenvalue weighted by molar-refractivity contribution is 6.00. The number of hydrogen-bond donors (Lipinski definition) is 1. The van der Waals surface area contributed by atoms with Gasteiger partial charge in [0.1, 0.15) is 12.7 Å². The highest BCUT2D eigenvalue weighted by atomic mass is 16.6. The lowest BCUT2D eigenvalue weighted by molar-refractivity contribution is -0.217. The minimum absolute atomic E-state index is 0.00825. The number of carbonyl (C=O) groups excluding carboxylic acids is 4. The van der Waals surface area contributed by atoms with Crippen molar-refractivity contribution in [1.82, 2.24) is 0 Å². The van der Waals surface area contributed by atoms with E-state index in [0.717, 1.165) is 18.4 Å². The van der Waals surface area contributed by atoms with Gasteiger partial charge in [0.2, 0.25) is 0 Å². The molecule has 8 atom stereocenters. The average molecular weight is 555 g/mol. The molecule has 0 bridgehead atoms. The van der Waals surface area contributed by atoms with Gasteiger partial charge in [0.25, 0.3) is 0 Å². The number of aliphatic hydroxyl groups is 1. The van der Waals surface area contributed by atoms with Crippen LogP contribution in [0.5, 0.6) is 0 Å². The van der Waals surface area contributed by atoms with Crippen LogP contribution >= 0.6 is 0 Å². The zero-order chi connectivity index (χ0) is 29.6. The van der Waals surface area contributed by atoms with E-state index in [-0.39, 0.29) is 12.4 Å². The van der Waals surface area contributed by atoms with Crippen LogP contribution in [0.1, 0.15) is 67.7 Å². The van der Waals surface area contributed by atoms with E-state index >= 15 is 0 Å². The van der Waals surface area contributed by atoms with Crippen LogP contribution in [0.2, 0.25) is 0 Å². The van der Waals surface area contributed by atoms with Crippen LogP contribution in [0, 0.1) is 35.0 Å². The predicted octanol–water partition coefficient (Wildman–Crippen LogP) is 4.42. The Morgan fingerprint density at radius 2 is 1.80 bits per heavy atom. The van der Waals surface area contributed by atoms with Crippen molar-refractivity contribution in [2.75, 3.05) is 6.61 Å². The van der Waals surface area contributed by atoms with Crippen molar-refractivity contribution in [1.29, 1.82) is 0 Å². The van der Waals surface area contributed by atoms with Gasteiger partial charge in [-0.1, -0.05) is 64.5 Å². The number of ketones is 1. The Balaban J connectivity index is 1.81. The predicted molar refractivity (Wildman–Crippen MR) is 148 cm³/mol. The smallest absolute Gasteiger partial charge is 0.331 e. The third-order valence-corrected chi connectivity index (χ3v) is 9.63. The van der Waals surface area contributed by atoms with Crippen molar-refractivity contribution < 1.29 is 38.5 Å². The Kier molecular flexibility index (Phi) is 8.07. The average Bonchev–Trinajstić information content (AvgIpc) is 3.26. The third kappa shape index (κ3) is 4.68. The Bertz CT molecular complexity index is 1210. The van der Waals surface area contributed by atoms with Crippen LogP contribution in [0.25, 0.3) is 0 Å². The van der Waals surface area contributed by atoms with E-state index in [2.05, 4.69) is 6.92 Å². The molecule has 0 spiro atoms. The molecular weight excluding hydrogens is 512 g/mol. The van der Waals surface area contributed by atoms with Crippen molar-refractivity contribution >= 4 is 23.7 Å². The molecule has 0 radical (unpaired) electrons. The molecule has 0 heterocycles. The zero-order valence-corrected chi connectivity index (χ0v) is 24.6. The lowest BCUT2D eigenvalue weighted by Crippen LogP contribution is -2.63. The van der Waals surface area contributed by atoms with E-state index in [0.29, 0.717) is 12.0 Å². The van der Waals surface area contributed by atoms with Gasteiger partial charge in [0.05, 0.1) is 5.60 Å². The van der Waals surface area contributed by atoms with Crippen molar-refractivity contribution in [2.24, 2.45) is 35.0 Å².